The Bertz CT molecular complexity index is 889. The van der Waals surface area contributed by atoms with Crippen LogP contribution in [0.4, 0.5) is 0 Å². The maximum Gasteiger partial charge on any atom is 0.141 e. The molecule has 1 N–H and O–H groups in total. The van der Waals surface area contributed by atoms with Gasteiger partial charge in [-0.2, -0.15) is 5.10 Å². The molecule has 0 saturated heterocycles. The van der Waals surface area contributed by atoms with E-state index in [1.165, 1.54) is 0 Å². The van der Waals surface area contributed by atoms with Crippen LogP contribution in [0.2, 0.25) is 0 Å². The molecule has 2 aromatic heterocycles. The van der Waals surface area contributed by atoms with Crippen molar-refractivity contribution in [2.75, 3.05) is 0 Å². The van der Waals surface area contributed by atoms with Crippen LogP contribution in [0.1, 0.15) is 0 Å². The van der Waals surface area contributed by atoms with Gasteiger partial charge in [-0.25, -0.2) is 4.68 Å². The summed E-state index contributed by atoms with van der Waals surface area (Å²) in [5.74, 6) is 0.237. The van der Waals surface area contributed by atoms with Gasteiger partial charge in [0.15, 0.2) is 0 Å². The Labute approximate surface area is 159 Å². The predicted molar refractivity (Wildman–Crippen MR) is 92.7 cm³/mol. The molecule has 1 radical (unpaired) electrons. The van der Waals surface area contributed by atoms with Crippen molar-refractivity contribution < 1.29 is 25.2 Å². The molecule has 5 nitrogen and oxygen atoms in total. The van der Waals surface area contributed by atoms with Crippen molar-refractivity contribution in [3.8, 4) is 22.7 Å². The van der Waals surface area contributed by atoms with Gasteiger partial charge >= 0.3 is 0 Å². The minimum atomic E-state index is 0. The number of hydrogen-bond donors (Lipinski definition) is 1. The van der Waals surface area contributed by atoms with Crippen LogP contribution in [0.25, 0.3) is 16.9 Å². The zero-order valence-corrected chi connectivity index (χ0v) is 16.0. The number of rotatable bonds is 2. The summed E-state index contributed by atoms with van der Waals surface area (Å²) in [6.07, 6.45) is 7.23. The van der Waals surface area contributed by atoms with Crippen LogP contribution in [-0.4, -0.2) is 24.4 Å². The summed E-state index contributed by atoms with van der Waals surface area (Å²) in [5.41, 5.74) is 2.71. The number of hydrogen-bond acceptors (Lipinski definition) is 3. The fourth-order valence-corrected chi connectivity index (χ4v) is 2.17. The number of aromatic hydroxyl groups is 1. The number of phenolic OH excluding ortho intramolecular Hbond substituents is 1. The number of imidazole rings is 1. The fraction of sp³-hybridized carbons (Fsp3) is 0.0526. The molecule has 25 heavy (non-hydrogen) atoms. The Balaban J connectivity index is 0.000000173. The molecule has 4 aromatic rings. The number of para-hydroxylation sites is 2. The van der Waals surface area contributed by atoms with E-state index in [0.717, 1.165) is 11.3 Å². The van der Waals surface area contributed by atoms with Gasteiger partial charge in [-0.3, -0.25) is 4.98 Å². The van der Waals surface area contributed by atoms with Crippen molar-refractivity contribution in [3.05, 3.63) is 85.6 Å². The first kappa shape index (κ1) is 18.6. The maximum atomic E-state index is 9.42. The van der Waals surface area contributed by atoms with E-state index in [0.29, 0.717) is 5.69 Å². The van der Waals surface area contributed by atoms with Gasteiger partial charge in [0, 0.05) is 45.2 Å². The second-order valence-corrected chi connectivity index (χ2v) is 5.14. The largest absolute Gasteiger partial charge is 0.506 e. The molecular weight excluding hydrogens is 492 g/mol. The Morgan fingerprint density at radius 3 is 2.44 bits per heavy atom. The van der Waals surface area contributed by atoms with Gasteiger partial charge in [0.1, 0.15) is 11.4 Å². The van der Waals surface area contributed by atoms with Crippen molar-refractivity contribution in [1.82, 2.24) is 19.3 Å². The molecule has 0 aliphatic carbocycles. The smallest absolute Gasteiger partial charge is 0.141 e. The molecule has 4 rings (SSSR count). The molecular formula is C19H17IrN4O-. The van der Waals surface area contributed by atoms with Crippen LogP contribution < -0.4 is 0 Å². The summed E-state index contributed by atoms with van der Waals surface area (Å²) in [6, 6.07) is 19.8. The molecule has 0 unspecified atom stereocenters. The monoisotopic (exact) mass is 510 g/mol. The predicted octanol–water partition coefficient (Wildman–Crippen LogP) is 3.46. The van der Waals surface area contributed by atoms with Crippen molar-refractivity contribution in [2.24, 2.45) is 7.05 Å². The van der Waals surface area contributed by atoms with E-state index in [9.17, 15) is 5.11 Å². The molecule has 0 amide bonds. The number of aryl methyl sites for hydroxylation is 1. The van der Waals surface area contributed by atoms with Gasteiger partial charge < -0.3 is 9.67 Å². The molecule has 0 aliphatic rings. The van der Waals surface area contributed by atoms with Crippen LogP contribution in [0.5, 0.6) is 5.75 Å². The maximum absolute atomic E-state index is 9.42. The van der Waals surface area contributed by atoms with E-state index in [1.54, 1.807) is 35.5 Å². The fourth-order valence-electron chi connectivity index (χ4n) is 2.17. The number of nitrogens with zero attached hydrogens (tertiary/aromatic N) is 4. The summed E-state index contributed by atoms with van der Waals surface area (Å²) >= 11 is 0. The van der Waals surface area contributed by atoms with E-state index in [4.69, 9.17) is 0 Å². The second-order valence-electron chi connectivity index (χ2n) is 5.14. The first-order valence-electron chi connectivity index (χ1n) is 7.47. The Kier molecular flexibility index (Phi) is 6.69. The van der Waals surface area contributed by atoms with E-state index in [1.807, 2.05) is 60.3 Å². The average Bonchev–Trinajstić information content (AvgIpc) is 3.28. The molecule has 0 aliphatic heterocycles. The van der Waals surface area contributed by atoms with Gasteiger partial charge in [-0.05, 0) is 24.4 Å². The minimum absolute atomic E-state index is 0. The number of aromatic nitrogens is 4. The molecule has 0 atom stereocenters. The summed E-state index contributed by atoms with van der Waals surface area (Å²) in [4.78, 5) is 4.22. The molecule has 2 heterocycles. The third-order valence-corrected chi connectivity index (χ3v) is 3.32. The summed E-state index contributed by atoms with van der Waals surface area (Å²) in [7, 11) is 1.96. The first-order chi connectivity index (χ1) is 11.7. The number of benzene rings is 2. The van der Waals surface area contributed by atoms with Crippen LogP contribution in [-0.2, 0) is 27.2 Å². The molecule has 0 fully saturated rings. The van der Waals surface area contributed by atoms with Gasteiger partial charge in [-0.1, -0.05) is 12.1 Å². The van der Waals surface area contributed by atoms with E-state index >= 15 is 0 Å². The second kappa shape index (κ2) is 8.97. The average molecular weight is 510 g/mol. The topological polar surface area (TPSA) is 55.9 Å². The zero-order valence-electron chi connectivity index (χ0n) is 13.6. The minimum Gasteiger partial charge on any atom is -0.506 e. The third-order valence-electron chi connectivity index (χ3n) is 3.32. The van der Waals surface area contributed by atoms with E-state index < -0.39 is 0 Å². The molecule has 129 valence electrons. The van der Waals surface area contributed by atoms with Gasteiger partial charge in [0.25, 0.3) is 0 Å². The Morgan fingerprint density at radius 2 is 1.84 bits per heavy atom. The molecule has 0 spiro atoms. The Hall–Kier alpha value is -2.69. The standard InChI is InChI=1S/C10H9N2.C9H8N2O.Ir/c1-12-7-10(11-8-12)9-5-3-2-4-6-9;12-9-5-2-1-4-8(9)11-7-3-6-10-11;/h2-5,7-8H,1H3;1-7,12H;/q-1;;. The van der Waals surface area contributed by atoms with Crippen LogP contribution in [0.15, 0.2) is 79.5 Å². The van der Waals surface area contributed by atoms with Crippen LogP contribution in [0, 0.1) is 6.07 Å². The molecule has 6 heteroatoms. The van der Waals surface area contributed by atoms with Crippen molar-refractivity contribution >= 4 is 0 Å². The molecule has 0 saturated carbocycles. The molecule has 0 bridgehead atoms. The number of phenols is 1. The van der Waals surface area contributed by atoms with E-state index in [-0.39, 0.29) is 25.9 Å². The third kappa shape index (κ3) is 4.89. The van der Waals surface area contributed by atoms with Crippen LogP contribution >= 0.6 is 0 Å². The van der Waals surface area contributed by atoms with Crippen molar-refractivity contribution in [3.63, 3.8) is 0 Å². The normalized spacial score (nSPS) is 9.64. The Morgan fingerprint density at radius 1 is 1.04 bits per heavy atom. The summed E-state index contributed by atoms with van der Waals surface area (Å²) in [6.45, 7) is 0. The summed E-state index contributed by atoms with van der Waals surface area (Å²) in [5, 5.41) is 13.4. The summed E-state index contributed by atoms with van der Waals surface area (Å²) < 4.78 is 3.55. The van der Waals surface area contributed by atoms with E-state index in [2.05, 4.69) is 16.1 Å². The van der Waals surface area contributed by atoms with Gasteiger partial charge in [0.2, 0.25) is 0 Å². The zero-order chi connectivity index (χ0) is 16.8. The van der Waals surface area contributed by atoms with Crippen molar-refractivity contribution in [2.45, 2.75) is 0 Å². The van der Waals surface area contributed by atoms with Crippen molar-refractivity contribution in [1.29, 1.82) is 0 Å². The quantitative estimate of drug-likeness (QED) is 0.421. The van der Waals surface area contributed by atoms with Gasteiger partial charge in [-0.15, -0.1) is 35.9 Å². The molecule has 2 aromatic carbocycles. The van der Waals surface area contributed by atoms with Crippen LogP contribution in [0.3, 0.4) is 0 Å². The van der Waals surface area contributed by atoms with Gasteiger partial charge in [0.05, 0.1) is 6.33 Å². The first-order valence-corrected chi connectivity index (χ1v) is 7.47. The SMILES string of the molecule is Cn1cnc(-c2[c-]cccc2)c1.Oc1ccccc1-n1cccn1.[Ir].